The van der Waals surface area contributed by atoms with Gasteiger partial charge in [-0.05, 0) is 37.3 Å². The van der Waals surface area contributed by atoms with Gasteiger partial charge in [-0.1, -0.05) is 54.6 Å². The van der Waals surface area contributed by atoms with E-state index in [9.17, 15) is 8.42 Å². The molecular weight excluding hydrogens is 432 g/mol. The van der Waals surface area contributed by atoms with E-state index >= 15 is 0 Å². The molecule has 0 bridgehead atoms. The Kier molecular flexibility index (Phi) is 7.15. The minimum Gasteiger partial charge on any atom is -0.494 e. The molecule has 0 amide bonds. The van der Waals surface area contributed by atoms with Gasteiger partial charge >= 0.3 is 0 Å². The van der Waals surface area contributed by atoms with Crippen LogP contribution in [0.15, 0.2) is 96.0 Å². The average Bonchev–Trinajstić information content (AvgIpc) is 2.79. The number of rotatable bonds is 7. The molecule has 0 fully saturated rings. The highest BCUT2D eigenvalue weighted by Gasteiger charge is 2.26. The summed E-state index contributed by atoms with van der Waals surface area (Å²) in [5.41, 5.74) is 2.10. The zero-order chi connectivity index (χ0) is 21.0. The van der Waals surface area contributed by atoms with Crippen molar-refractivity contribution in [2.24, 2.45) is 0 Å². The predicted molar refractivity (Wildman–Crippen MR) is 126 cm³/mol. The number of anilines is 1. The Morgan fingerprint density at radius 2 is 1.58 bits per heavy atom. The standard InChI is InChI=1S/C24H22N2O3S.ClH/c1-2-29-24-15-9-7-11-20(24)18-26(30(27,28)22-12-4-3-5-13-22)21-16-19-10-6-8-14-23(19)25-17-21;/h3-17H,2,18H2,1H3;1H. The fourth-order valence-corrected chi connectivity index (χ4v) is 4.76. The molecule has 0 N–H and O–H groups in total. The molecule has 0 aliphatic rings. The van der Waals surface area contributed by atoms with Gasteiger partial charge in [0, 0.05) is 10.9 Å². The summed E-state index contributed by atoms with van der Waals surface area (Å²) in [6.07, 6.45) is 1.60. The van der Waals surface area contributed by atoms with Crippen molar-refractivity contribution in [3.05, 3.63) is 96.7 Å². The third-order valence-electron chi connectivity index (χ3n) is 4.78. The minimum absolute atomic E-state index is 0. The van der Waals surface area contributed by atoms with Crippen molar-refractivity contribution in [1.29, 1.82) is 0 Å². The largest absolute Gasteiger partial charge is 0.494 e. The van der Waals surface area contributed by atoms with Gasteiger partial charge in [0.25, 0.3) is 10.0 Å². The summed E-state index contributed by atoms with van der Waals surface area (Å²) in [5.74, 6) is 0.669. The van der Waals surface area contributed by atoms with Crippen LogP contribution in [-0.2, 0) is 16.6 Å². The molecule has 3 aromatic carbocycles. The molecule has 0 spiro atoms. The molecule has 1 aromatic heterocycles. The highest BCUT2D eigenvalue weighted by atomic mass is 35.5. The first-order chi connectivity index (χ1) is 14.6. The zero-order valence-electron chi connectivity index (χ0n) is 17.0. The highest BCUT2D eigenvalue weighted by Crippen LogP contribution is 2.30. The molecule has 31 heavy (non-hydrogen) atoms. The van der Waals surface area contributed by atoms with Gasteiger partial charge in [0.1, 0.15) is 5.75 Å². The Morgan fingerprint density at radius 3 is 2.35 bits per heavy atom. The van der Waals surface area contributed by atoms with Gasteiger partial charge in [0.05, 0.1) is 35.4 Å². The fourth-order valence-electron chi connectivity index (χ4n) is 3.32. The Labute approximate surface area is 188 Å². The topological polar surface area (TPSA) is 59.5 Å². The highest BCUT2D eigenvalue weighted by molar-refractivity contribution is 7.92. The maximum Gasteiger partial charge on any atom is 0.264 e. The fraction of sp³-hybridized carbons (Fsp3) is 0.125. The molecule has 4 rings (SSSR count). The van der Waals surface area contributed by atoms with Crippen LogP contribution in [0.2, 0.25) is 0 Å². The third-order valence-corrected chi connectivity index (χ3v) is 6.57. The summed E-state index contributed by atoms with van der Waals surface area (Å²) in [6, 6.07) is 25.4. The molecule has 0 aliphatic heterocycles. The van der Waals surface area contributed by atoms with E-state index in [1.165, 1.54) is 4.31 Å². The second kappa shape index (κ2) is 9.81. The van der Waals surface area contributed by atoms with Crippen LogP contribution in [0, 0.1) is 0 Å². The number of benzene rings is 3. The van der Waals surface area contributed by atoms with Crippen molar-refractivity contribution in [1.82, 2.24) is 4.98 Å². The quantitative estimate of drug-likeness (QED) is 0.372. The zero-order valence-corrected chi connectivity index (χ0v) is 18.6. The van der Waals surface area contributed by atoms with Crippen molar-refractivity contribution >= 4 is 39.0 Å². The number of pyridine rings is 1. The average molecular weight is 455 g/mol. The van der Waals surface area contributed by atoms with Crippen LogP contribution in [0.4, 0.5) is 5.69 Å². The summed E-state index contributed by atoms with van der Waals surface area (Å²) < 4.78 is 34.3. The molecule has 0 atom stereocenters. The number of sulfonamides is 1. The maximum absolute atomic E-state index is 13.6. The molecular formula is C24H23ClN2O3S. The Balaban J connectivity index is 0.00000272. The van der Waals surface area contributed by atoms with E-state index in [0.29, 0.717) is 18.0 Å². The first kappa shape index (κ1) is 22.6. The number of halogens is 1. The van der Waals surface area contributed by atoms with Crippen LogP contribution >= 0.6 is 12.4 Å². The number of hydrogen-bond donors (Lipinski definition) is 0. The van der Waals surface area contributed by atoms with Crippen molar-refractivity contribution in [2.75, 3.05) is 10.9 Å². The van der Waals surface area contributed by atoms with Gasteiger partial charge in [0.15, 0.2) is 0 Å². The van der Waals surface area contributed by atoms with E-state index in [0.717, 1.165) is 16.5 Å². The summed E-state index contributed by atoms with van der Waals surface area (Å²) in [7, 11) is -3.81. The van der Waals surface area contributed by atoms with E-state index in [1.807, 2.05) is 61.5 Å². The van der Waals surface area contributed by atoms with Gasteiger partial charge < -0.3 is 4.74 Å². The predicted octanol–water partition coefficient (Wildman–Crippen LogP) is 5.45. The van der Waals surface area contributed by atoms with Crippen LogP contribution in [0.5, 0.6) is 5.75 Å². The van der Waals surface area contributed by atoms with Gasteiger partial charge in [-0.3, -0.25) is 9.29 Å². The lowest BCUT2D eigenvalue weighted by Crippen LogP contribution is -2.31. The van der Waals surface area contributed by atoms with Crippen molar-refractivity contribution in [3.63, 3.8) is 0 Å². The van der Waals surface area contributed by atoms with Crippen molar-refractivity contribution in [2.45, 2.75) is 18.4 Å². The summed E-state index contributed by atoms with van der Waals surface area (Å²) in [5, 5.41) is 0.876. The summed E-state index contributed by atoms with van der Waals surface area (Å²) >= 11 is 0. The van der Waals surface area contributed by atoms with Crippen molar-refractivity contribution in [3.8, 4) is 5.75 Å². The van der Waals surface area contributed by atoms with Gasteiger partial charge in [-0.25, -0.2) is 8.42 Å². The van der Waals surface area contributed by atoms with E-state index in [1.54, 1.807) is 36.5 Å². The summed E-state index contributed by atoms with van der Waals surface area (Å²) in [4.78, 5) is 4.70. The molecule has 7 heteroatoms. The van der Waals surface area contributed by atoms with E-state index in [-0.39, 0.29) is 23.8 Å². The minimum atomic E-state index is -3.81. The number of ether oxygens (including phenoxy) is 1. The monoisotopic (exact) mass is 454 g/mol. The lowest BCUT2D eigenvalue weighted by molar-refractivity contribution is 0.336. The Hall–Kier alpha value is -3.09. The number of para-hydroxylation sites is 2. The van der Waals surface area contributed by atoms with Crippen LogP contribution in [0.1, 0.15) is 12.5 Å². The lowest BCUT2D eigenvalue weighted by atomic mass is 10.2. The van der Waals surface area contributed by atoms with Crippen LogP contribution in [-0.4, -0.2) is 20.0 Å². The second-order valence-electron chi connectivity index (χ2n) is 6.75. The lowest BCUT2D eigenvalue weighted by Gasteiger charge is -2.25. The van der Waals surface area contributed by atoms with E-state index in [4.69, 9.17) is 4.74 Å². The molecule has 5 nitrogen and oxygen atoms in total. The Morgan fingerprint density at radius 1 is 0.903 bits per heavy atom. The number of fused-ring (bicyclic) bond motifs is 1. The smallest absolute Gasteiger partial charge is 0.264 e. The molecule has 1 heterocycles. The number of nitrogens with zero attached hydrogens (tertiary/aromatic N) is 2. The summed E-state index contributed by atoms with van der Waals surface area (Å²) in [6.45, 7) is 2.54. The maximum atomic E-state index is 13.6. The molecule has 0 aliphatic carbocycles. The van der Waals surface area contributed by atoms with Gasteiger partial charge in [-0.15, -0.1) is 12.4 Å². The normalized spacial score (nSPS) is 11.0. The third kappa shape index (κ3) is 4.81. The van der Waals surface area contributed by atoms with Crippen LogP contribution in [0.25, 0.3) is 10.9 Å². The number of aromatic nitrogens is 1. The molecule has 160 valence electrons. The Bertz CT molecular complexity index is 1260. The molecule has 4 aromatic rings. The van der Waals surface area contributed by atoms with Gasteiger partial charge in [0.2, 0.25) is 0 Å². The second-order valence-corrected chi connectivity index (χ2v) is 8.61. The van der Waals surface area contributed by atoms with E-state index < -0.39 is 10.0 Å². The number of hydrogen-bond acceptors (Lipinski definition) is 4. The van der Waals surface area contributed by atoms with E-state index in [2.05, 4.69) is 4.98 Å². The van der Waals surface area contributed by atoms with Crippen LogP contribution < -0.4 is 9.04 Å². The van der Waals surface area contributed by atoms with Crippen LogP contribution in [0.3, 0.4) is 0 Å². The SMILES string of the molecule is CCOc1ccccc1CN(c1cnc2ccccc2c1)S(=O)(=O)c1ccccc1.Cl. The first-order valence-electron chi connectivity index (χ1n) is 9.73. The first-order valence-corrected chi connectivity index (χ1v) is 11.2. The molecule has 0 saturated heterocycles. The molecule has 0 unspecified atom stereocenters. The molecule has 0 radical (unpaired) electrons. The molecule has 0 saturated carbocycles. The van der Waals surface area contributed by atoms with Crippen molar-refractivity contribution < 1.29 is 13.2 Å². The van der Waals surface area contributed by atoms with Gasteiger partial charge in [-0.2, -0.15) is 0 Å².